The molecule has 1 unspecified atom stereocenters. The number of nitrogens with two attached hydrogens (primary N) is 1. The van der Waals surface area contributed by atoms with Crippen LogP contribution in [0.4, 0.5) is 5.00 Å². The summed E-state index contributed by atoms with van der Waals surface area (Å²) in [6, 6.07) is 2.93. The number of carbonyl (C=O) groups is 1. The molecule has 0 spiro atoms. The van der Waals surface area contributed by atoms with E-state index in [-0.39, 0.29) is 10.9 Å². The van der Waals surface area contributed by atoms with E-state index >= 15 is 0 Å². The molecule has 1 saturated heterocycles. The third-order valence-corrected chi connectivity index (χ3v) is 4.39. The lowest BCUT2D eigenvalue weighted by Gasteiger charge is -2.32. The Hall–Kier alpha value is -1.47. The Morgan fingerprint density at radius 2 is 2.37 bits per heavy atom. The summed E-state index contributed by atoms with van der Waals surface area (Å²) in [4.78, 5) is 24.7. The van der Waals surface area contributed by atoms with Gasteiger partial charge in [0.15, 0.2) is 0 Å². The van der Waals surface area contributed by atoms with Crippen LogP contribution < -0.4 is 5.73 Å². The third kappa shape index (κ3) is 3.30. The van der Waals surface area contributed by atoms with Gasteiger partial charge in [-0.05, 0) is 37.8 Å². The van der Waals surface area contributed by atoms with Crippen molar-refractivity contribution in [2.75, 3.05) is 19.6 Å². The molecule has 0 aliphatic carbocycles. The Labute approximate surface area is 115 Å². The van der Waals surface area contributed by atoms with Crippen molar-refractivity contribution in [3.63, 3.8) is 0 Å². The molecule has 104 valence electrons. The van der Waals surface area contributed by atoms with E-state index in [9.17, 15) is 14.9 Å². The van der Waals surface area contributed by atoms with E-state index < -0.39 is 4.92 Å². The number of piperidine rings is 1. The highest BCUT2D eigenvalue weighted by Gasteiger charge is 2.26. The van der Waals surface area contributed by atoms with Crippen molar-refractivity contribution in [3.8, 4) is 0 Å². The first-order valence-electron chi connectivity index (χ1n) is 6.35. The van der Waals surface area contributed by atoms with Crippen LogP contribution in [-0.2, 0) is 0 Å². The lowest BCUT2D eigenvalue weighted by Crippen LogP contribution is -2.40. The molecule has 1 aromatic heterocycles. The SMILES string of the molecule is NCCC1CCCN(C(=O)c2ccc([N+](=O)[O-])s2)C1. The van der Waals surface area contributed by atoms with Crippen LogP contribution in [0, 0.1) is 16.0 Å². The fraction of sp³-hybridized carbons (Fsp3) is 0.583. The van der Waals surface area contributed by atoms with E-state index in [0.717, 1.165) is 37.1 Å². The monoisotopic (exact) mass is 283 g/mol. The summed E-state index contributed by atoms with van der Waals surface area (Å²) in [5, 5.41) is 10.6. The molecule has 0 saturated carbocycles. The van der Waals surface area contributed by atoms with Gasteiger partial charge in [0.25, 0.3) is 5.91 Å². The Morgan fingerprint density at radius 1 is 1.58 bits per heavy atom. The van der Waals surface area contributed by atoms with Crippen LogP contribution in [0.15, 0.2) is 12.1 Å². The van der Waals surface area contributed by atoms with Crippen LogP contribution in [0.25, 0.3) is 0 Å². The Bertz CT molecular complexity index is 473. The van der Waals surface area contributed by atoms with Gasteiger partial charge in [-0.25, -0.2) is 0 Å². The van der Waals surface area contributed by atoms with Crippen molar-refractivity contribution in [1.29, 1.82) is 0 Å². The topological polar surface area (TPSA) is 89.5 Å². The maximum atomic E-state index is 12.3. The summed E-state index contributed by atoms with van der Waals surface area (Å²) in [6.45, 7) is 2.07. The van der Waals surface area contributed by atoms with Gasteiger partial charge in [-0.1, -0.05) is 11.3 Å². The summed E-state index contributed by atoms with van der Waals surface area (Å²) < 4.78 is 0. The highest BCUT2D eigenvalue weighted by Crippen LogP contribution is 2.27. The Balaban J connectivity index is 2.03. The number of rotatable bonds is 4. The predicted octanol–water partition coefficient (Wildman–Crippen LogP) is 1.86. The van der Waals surface area contributed by atoms with Crippen molar-refractivity contribution >= 4 is 22.2 Å². The minimum Gasteiger partial charge on any atom is -0.338 e. The number of hydrogen-bond donors (Lipinski definition) is 1. The molecule has 2 rings (SSSR count). The molecule has 1 aromatic rings. The summed E-state index contributed by atoms with van der Waals surface area (Å²) >= 11 is 0.942. The first kappa shape index (κ1) is 14.0. The van der Waals surface area contributed by atoms with Gasteiger partial charge in [-0.2, -0.15) is 0 Å². The third-order valence-electron chi connectivity index (χ3n) is 3.36. The van der Waals surface area contributed by atoms with Gasteiger partial charge in [0, 0.05) is 19.2 Å². The molecule has 2 heterocycles. The second kappa shape index (κ2) is 6.12. The fourth-order valence-corrected chi connectivity index (χ4v) is 3.21. The average Bonchev–Trinajstić information content (AvgIpc) is 2.88. The standard InChI is InChI=1S/C12H17N3O3S/c13-6-5-9-2-1-7-14(8-9)12(16)10-3-4-11(19-10)15(17)18/h3-4,9H,1-2,5-8,13H2. The minimum atomic E-state index is -0.463. The molecule has 0 radical (unpaired) electrons. The Kier molecular flexibility index (Phi) is 4.49. The van der Waals surface area contributed by atoms with Gasteiger partial charge in [0.2, 0.25) is 0 Å². The first-order valence-corrected chi connectivity index (χ1v) is 7.17. The molecule has 0 bridgehead atoms. The zero-order chi connectivity index (χ0) is 13.8. The van der Waals surface area contributed by atoms with Gasteiger partial charge in [0.05, 0.1) is 9.80 Å². The molecule has 19 heavy (non-hydrogen) atoms. The second-order valence-electron chi connectivity index (χ2n) is 4.73. The van der Waals surface area contributed by atoms with Crippen molar-refractivity contribution in [2.24, 2.45) is 11.7 Å². The van der Waals surface area contributed by atoms with Crippen molar-refractivity contribution in [2.45, 2.75) is 19.3 Å². The van der Waals surface area contributed by atoms with Crippen LogP contribution in [0.3, 0.4) is 0 Å². The van der Waals surface area contributed by atoms with Crippen LogP contribution in [-0.4, -0.2) is 35.4 Å². The maximum absolute atomic E-state index is 12.3. The minimum absolute atomic E-state index is 0.0128. The van der Waals surface area contributed by atoms with Gasteiger partial charge in [-0.15, -0.1) is 0 Å². The quantitative estimate of drug-likeness (QED) is 0.674. The number of amides is 1. The number of hydrogen-bond acceptors (Lipinski definition) is 5. The highest BCUT2D eigenvalue weighted by atomic mass is 32.1. The molecule has 7 heteroatoms. The number of carbonyl (C=O) groups excluding carboxylic acids is 1. The van der Waals surface area contributed by atoms with Crippen LogP contribution in [0.5, 0.6) is 0 Å². The smallest absolute Gasteiger partial charge is 0.324 e. The van der Waals surface area contributed by atoms with Crippen molar-refractivity contribution in [1.82, 2.24) is 4.90 Å². The molecule has 1 atom stereocenters. The van der Waals surface area contributed by atoms with E-state index in [2.05, 4.69) is 0 Å². The van der Waals surface area contributed by atoms with Gasteiger partial charge in [-0.3, -0.25) is 14.9 Å². The number of likely N-dealkylation sites (tertiary alicyclic amines) is 1. The van der Waals surface area contributed by atoms with Gasteiger partial charge >= 0.3 is 5.00 Å². The Morgan fingerprint density at radius 3 is 3.00 bits per heavy atom. The average molecular weight is 283 g/mol. The van der Waals surface area contributed by atoms with Gasteiger partial charge < -0.3 is 10.6 Å². The largest absolute Gasteiger partial charge is 0.338 e. The molecular formula is C12H17N3O3S. The maximum Gasteiger partial charge on any atom is 0.324 e. The first-order chi connectivity index (χ1) is 9.11. The van der Waals surface area contributed by atoms with E-state index in [0.29, 0.717) is 23.9 Å². The van der Waals surface area contributed by atoms with Crippen LogP contribution in [0.2, 0.25) is 0 Å². The zero-order valence-electron chi connectivity index (χ0n) is 10.6. The number of thiophene rings is 1. The molecular weight excluding hydrogens is 266 g/mol. The molecule has 6 nitrogen and oxygen atoms in total. The van der Waals surface area contributed by atoms with E-state index in [1.807, 2.05) is 0 Å². The lowest BCUT2D eigenvalue weighted by molar-refractivity contribution is -0.380. The molecule has 2 N–H and O–H groups in total. The summed E-state index contributed by atoms with van der Waals surface area (Å²) in [5.74, 6) is 0.359. The summed E-state index contributed by atoms with van der Waals surface area (Å²) in [7, 11) is 0. The second-order valence-corrected chi connectivity index (χ2v) is 5.79. The molecule has 1 aliphatic heterocycles. The summed E-state index contributed by atoms with van der Waals surface area (Å²) in [6.07, 6.45) is 3.00. The van der Waals surface area contributed by atoms with Gasteiger partial charge in [0.1, 0.15) is 0 Å². The van der Waals surface area contributed by atoms with E-state index in [1.54, 1.807) is 4.90 Å². The predicted molar refractivity (Wildman–Crippen MR) is 73.3 cm³/mol. The lowest BCUT2D eigenvalue weighted by atomic mass is 9.95. The fourth-order valence-electron chi connectivity index (χ4n) is 2.42. The van der Waals surface area contributed by atoms with Crippen molar-refractivity contribution < 1.29 is 9.72 Å². The van der Waals surface area contributed by atoms with Crippen molar-refractivity contribution in [3.05, 3.63) is 27.1 Å². The van der Waals surface area contributed by atoms with E-state index in [1.165, 1.54) is 12.1 Å². The van der Waals surface area contributed by atoms with E-state index in [4.69, 9.17) is 5.73 Å². The summed E-state index contributed by atoms with van der Waals surface area (Å²) in [5.41, 5.74) is 5.55. The zero-order valence-corrected chi connectivity index (χ0v) is 11.4. The molecule has 1 aliphatic rings. The molecule has 0 aromatic carbocycles. The molecule has 1 fully saturated rings. The number of nitrogens with zero attached hydrogens (tertiary/aromatic N) is 2. The normalized spacial score (nSPS) is 19.4. The highest BCUT2D eigenvalue weighted by molar-refractivity contribution is 7.17. The molecule has 1 amide bonds. The van der Waals surface area contributed by atoms with Crippen LogP contribution in [0.1, 0.15) is 28.9 Å². The van der Waals surface area contributed by atoms with Crippen LogP contribution >= 0.6 is 11.3 Å². The number of nitro groups is 1.